The van der Waals surface area contributed by atoms with E-state index in [1.54, 1.807) is 6.92 Å². The van der Waals surface area contributed by atoms with Gasteiger partial charge in [-0.15, -0.1) is 0 Å². The second-order valence-electron chi connectivity index (χ2n) is 4.92. The molecule has 0 aromatic rings. The average Bonchev–Trinajstić information content (AvgIpc) is 2.30. The highest BCUT2D eigenvalue weighted by atomic mass is 16.1. The predicted molar refractivity (Wildman–Crippen MR) is 71.1 cm³/mol. The number of hydrogen-bond acceptors (Lipinski definition) is 3. The van der Waals surface area contributed by atoms with Crippen molar-refractivity contribution in [3.05, 3.63) is 0 Å². The first-order valence-electron chi connectivity index (χ1n) is 6.92. The molecule has 17 heavy (non-hydrogen) atoms. The van der Waals surface area contributed by atoms with Gasteiger partial charge in [0.15, 0.2) is 0 Å². The summed E-state index contributed by atoms with van der Waals surface area (Å²) in [6, 6.07) is 0.405. The summed E-state index contributed by atoms with van der Waals surface area (Å²) in [5, 5.41) is 6.43. The summed E-state index contributed by atoms with van der Waals surface area (Å²) >= 11 is 0. The molecule has 1 saturated heterocycles. The number of carbonyl (C=O) groups is 1. The summed E-state index contributed by atoms with van der Waals surface area (Å²) in [4.78, 5) is 13.4. The second kappa shape index (κ2) is 8.48. The molecule has 4 heteroatoms. The van der Waals surface area contributed by atoms with Crippen LogP contribution in [-0.4, -0.2) is 49.6 Å². The van der Waals surface area contributed by atoms with Gasteiger partial charge in [-0.1, -0.05) is 6.92 Å². The maximum absolute atomic E-state index is 10.9. The Hall–Kier alpha value is -0.610. The van der Waals surface area contributed by atoms with Crippen LogP contribution >= 0.6 is 0 Å². The third kappa shape index (κ3) is 6.64. The van der Waals surface area contributed by atoms with E-state index in [0.29, 0.717) is 6.04 Å². The SMILES string of the molecule is CCCNCCCN1CCC(NC(C)=O)CC1. The predicted octanol–water partition coefficient (Wildman–Crippen LogP) is 0.977. The average molecular weight is 241 g/mol. The minimum atomic E-state index is 0.104. The van der Waals surface area contributed by atoms with Crippen LogP contribution in [0.15, 0.2) is 0 Å². The molecule has 100 valence electrons. The molecule has 0 aliphatic carbocycles. The molecule has 0 atom stereocenters. The zero-order chi connectivity index (χ0) is 12.5. The van der Waals surface area contributed by atoms with Gasteiger partial charge in [0.1, 0.15) is 0 Å². The van der Waals surface area contributed by atoms with E-state index in [0.717, 1.165) is 39.0 Å². The lowest BCUT2D eigenvalue weighted by Crippen LogP contribution is -2.44. The van der Waals surface area contributed by atoms with Crippen molar-refractivity contribution in [3.8, 4) is 0 Å². The van der Waals surface area contributed by atoms with Gasteiger partial charge in [0.2, 0.25) is 5.91 Å². The molecule has 1 rings (SSSR count). The van der Waals surface area contributed by atoms with Gasteiger partial charge in [-0.05, 0) is 45.3 Å². The van der Waals surface area contributed by atoms with Crippen molar-refractivity contribution in [2.75, 3.05) is 32.7 Å². The molecule has 0 spiro atoms. The highest BCUT2D eigenvalue weighted by Crippen LogP contribution is 2.10. The van der Waals surface area contributed by atoms with Crippen molar-refractivity contribution in [1.82, 2.24) is 15.5 Å². The number of nitrogens with zero attached hydrogens (tertiary/aromatic N) is 1. The maximum atomic E-state index is 10.9. The van der Waals surface area contributed by atoms with Gasteiger partial charge >= 0.3 is 0 Å². The Morgan fingerprint density at radius 3 is 2.59 bits per heavy atom. The molecule has 0 aromatic heterocycles. The fraction of sp³-hybridized carbons (Fsp3) is 0.923. The fourth-order valence-corrected chi connectivity index (χ4v) is 2.32. The van der Waals surface area contributed by atoms with Crippen molar-refractivity contribution in [3.63, 3.8) is 0 Å². The number of rotatable bonds is 7. The number of carbonyl (C=O) groups excluding carboxylic acids is 1. The minimum Gasteiger partial charge on any atom is -0.354 e. The number of nitrogens with one attached hydrogen (secondary N) is 2. The van der Waals surface area contributed by atoms with Crippen LogP contribution in [0.5, 0.6) is 0 Å². The number of piperidine rings is 1. The first-order chi connectivity index (χ1) is 8.22. The van der Waals surface area contributed by atoms with Gasteiger partial charge in [-0.2, -0.15) is 0 Å². The summed E-state index contributed by atoms with van der Waals surface area (Å²) < 4.78 is 0. The molecule has 0 bridgehead atoms. The van der Waals surface area contributed by atoms with E-state index >= 15 is 0 Å². The largest absolute Gasteiger partial charge is 0.354 e. The molecule has 1 amide bonds. The molecular formula is C13H27N3O. The van der Waals surface area contributed by atoms with Gasteiger partial charge in [0.05, 0.1) is 0 Å². The number of hydrogen-bond donors (Lipinski definition) is 2. The Bertz CT molecular complexity index is 213. The Kier molecular flexibility index (Phi) is 7.21. The van der Waals surface area contributed by atoms with Gasteiger partial charge in [0.25, 0.3) is 0 Å². The van der Waals surface area contributed by atoms with E-state index in [-0.39, 0.29) is 5.91 Å². The third-order valence-corrected chi connectivity index (χ3v) is 3.25. The second-order valence-corrected chi connectivity index (χ2v) is 4.92. The van der Waals surface area contributed by atoms with Gasteiger partial charge in [-0.3, -0.25) is 4.79 Å². The topological polar surface area (TPSA) is 44.4 Å². The van der Waals surface area contributed by atoms with E-state index < -0.39 is 0 Å². The molecule has 1 aliphatic heterocycles. The molecule has 1 fully saturated rings. The molecule has 1 heterocycles. The first-order valence-corrected chi connectivity index (χ1v) is 6.92. The first kappa shape index (κ1) is 14.5. The molecule has 0 aromatic carbocycles. The van der Waals surface area contributed by atoms with E-state index in [1.807, 2.05) is 0 Å². The summed E-state index contributed by atoms with van der Waals surface area (Å²) in [7, 11) is 0. The zero-order valence-electron chi connectivity index (χ0n) is 11.3. The van der Waals surface area contributed by atoms with Crippen molar-refractivity contribution in [2.45, 2.75) is 45.6 Å². The quantitative estimate of drug-likeness (QED) is 0.653. The highest BCUT2D eigenvalue weighted by Gasteiger charge is 2.18. The Morgan fingerprint density at radius 1 is 1.29 bits per heavy atom. The Morgan fingerprint density at radius 2 is 2.00 bits per heavy atom. The highest BCUT2D eigenvalue weighted by molar-refractivity contribution is 5.73. The summed E-state index contributed by atoms with van der Waals surface area (Å²) in [5.41, 5.74) is 0. The molecule has 1 aliphatic rings. The van der Waals surface area contributed by atoms with Crippen LogP contribution in [-0.2, 0) is 4.79 Å². The van der Waals surface area contributed by atoms with Crippen LogP contribution in [0.1, 0.15) is 39.5 Å². The molecule has 0 saturated carbocycles. The van der Waals surface area contributed by atoms with Crippen LogP contribution in [0.25, 0.3) is 0 Å². The normalized spacial score (nSPS) is 18.2. The van der Waals surface area contributed by atoms with Crippen molar-refractivity contribution >= 4 is 5.91 Å². The Labute approximate surface area is 105 Å². The van der Waals surface area contributed by atoms with Crippen molar-refractivity contribution in [2.24, 2.45) is 0 Å². The molecule has 4 nitrogen and oxygen atoms in total. The molecule has 2 N–H and O–H groups in total. The van der Waals surface area contributed by atoms with Crippen LogP contribution in [0, 0.1) is 0 Å². The van der Waals surface area contributed by atoms with E-state index in [9.17, 15) is 4.79 Å². The van der Waals surface area contributed by atoms with Gasteiger partial charge in [-0.25, -0.2) is 0 Å². The third-order valence-electron chi connectivity index (χ3n) is 3.25. The molecular weight excluding hydrogens is 214 g/mol. The summed E-state index contributed by atoms with van der Waals surface area (Å²) in [6.07, 6.45) is 4.64. The lowest BCUT2D eigenvalue weighted by Gasteiger charge is -2.32. The van der Waals surface area contributed by atoms with Gasteiger partial charge < -0.3 is 15.5 Å². The summed E-state index contributed by atoms with van der Waals surface area (Å²) in [5.74, 6) is 0.104. The van der Waals surface area contributed by atoms with E-state index in [2.05, 4.69) is 22.5 Å². The van der Waals surface area contributed by atoms with E-state index in [4.69, 9.17) is 0 Å². The smallest absolute Gasteiger partial charge is 0.217 e. The minimum absolute atomic E-state index is 0.104. The molecule has 0 unspecified atom stereocenters. The number of likely N-dealkylation sites (tertiary alicyclic amines) is 1. The lowest BCUT2D eigenvalue weighted by atomic mass is 10.0. The lowest BCUT2D eigenvalue weighted by molar-refractivity contribution is -0.119. The Balaban J connectivity index is 2.01. The standard InChI is InChI=1S/C13H27N3O/c1-3-7-14-8-4-9-16-10-5-13(6-11-16)15-12(2)17/h13-14H,3-11H2,1-2H3,(H,15,17). The van der Waals surface area contributed by atoms with Gasteiger partial charge in [0, 0.05) is 26.1 Å². The zero-order valence-corrected chi connectivity index (χ0v) is 11.3. The number of amides is 1. The fourth-order valence-electron chi connectivity index (χ4n) is 2.32. The van der Waals surface area contributed by atoms with Crippen LogP contribution in [0.2, 0.25) is 0 Å². The van der Waals surface area contributed by atoms with E-state index in [1.165, 1.54) is 19.4 Å². The van der Waals surface area contributed by atoms with Crippen LogP contribution in [0.4, 0.5) is 0 Å². The van der Waals surface area contributed by atoms with Crippen molar-refractivity contribution in [1.29, 1.82) is 0 Å². The maximum Gasteiger partial charge on any atom is 0.217 e. The summed E-state index contributed by atoms with van der Waals surface area (Å²) in [6.45, 7) is 9.48. The monoisotopic (exact) mass is 241 g/mol. The van der Waals surface area contributed by atoms with Crippen molar-refractivity contribution < 1.29 is 4.79 Å². The van der Waals surface area contributed by atoms with Crippen LogP contribution < -0.4 is 10.6 Å². The van der Waals surface area contributed by atoms with Crippen LogP contribution in [0.3, 0.4) is 0 Å². The molecule has 0 radical (unpaired) electrons.